The number of carbonyl (C=O) groups excluding carboxylic acids is 1. The second-order valence-corrected chi connectivity index (χ2v) is 3.94. The van der Waals surface area contributed by atoms with Gasteiger partial charge in [-0.15, -0.1) is 0 Å². The predicted molar refractivity (Wildman–Crippen MR) is 68.6 cm³/mol. The van der Waals surface area contributed by atoms with Gasteiger partial charge in [0.2, 0.25) is 0 Å². The summed E-state index contributed by atoms with van der Waals surface area (Å²) in [5.74, 6) is 0.786. The highest BCUT2D eigenvalue weighted by atomic mass is 16.3. The molecule has 0 N–H and O–H groups in total. The van der Waals surface area contributed by atoms with E-state index < -0.39 is 0 Å². The summed E-state index contributed by atoms with van der Waals surface area (Å²) in [5.41, 5.74) is 2.12. The molecule has 0 fully saturated rings. The van der Waals surface area contributed by atoms with Crippen LogP contribution in [0.2, 0.25) is 0 Å². The van der Waals surface area contributed by atoms with E-state index in [1.807, 2.05) is 55.5 Å². The number of aldehydes is 1. The Morgan fingerprint density at radius 2 is 1.88 bits per heavy atom. The zero-order chi connectivity index (χ0) is 12.1. The summed E-state index contributed by atoms with van der Waals surface area (Å²) in [6.07, 6.45) is 6.49. The first-order valence-corrected chi connectivity index (χ1v) is 5.56. The van der Waals surface area contributed by atoms with E-state index in [2.05, 4.69) is 0 Å². The summed E-state index contributed by atoms with van der Waals surface area (Å²) in [5, 5.41) is 0. The third-order valence-corrected chi connectivity index (χ3v) is 2.65. The Hall–Kier alpha value is -2.09. The number of hydrogen-bond donors (Lipinski definition) is 0. The number of hydrogen-bond acceptors (Lipinski definition) is 2. The van der Waals surface area contributed by atoms with Crippen molar-refractivity contribution >= 4 is 18.4 Å². The maximum absolute atomic E-state index is 10.6. The topological polar surface area (TPSA) is 30.2 Å². The van der Waals surface area contributed by atoms with Crippen LogP contribution in [0.1, 0.15) is 29.7 Å². The molecular formula is C15H14O2. The average Bonchev–Trinajstić information content (AvgIpc) is 2.89. The standard InChI is InChI=1S/C15H14O2/c1-12(11-16)14-7-4-13(5-8-14)6-9-15-3-2-10-17-15/h2-12H,1H3/b9-6+. The van der Waals surface area contributed by atoms with E-state index in [1.54, 1.807) is 6.26 Å². The lowest BCUT2D eigenvalue weighted by molar-refractivity contribution is -0.108. The summed E-state index contributed by atoms with van der Waals surface area (Å²) < 4.78 is 5.20. The molecule has 1 heterocycles. The van der Waals surface area contributed by atoms with Gasteiger partial charge in [-0.05, 0) is 29.3 Å². The van der Waals surface area contributed by atoms with Crippen molar-refractivity contribution in [3.63, 3.8) is 0 Å². The lowest BCUT2D eigenvalue weighted by Gasteiger charge is -2.03. The quantitative estimate of drug-likeness (QED) is 0.743. The maximum atomic E-state index is 10.6. The monoisotopic (exact) mass is 226 g/mol. The van der Waals surface area contributed by atoms with Gasteiger partial charge in [-0.1, -0.05) is 37.3 Å². The predicted octanol–water partition coefficient (Wildman–Crippen LogP) is 3.75. The number of rotatable bonds is 4. The molecule has 0 saturated carbocycles. The van der Waals surface area contributed by atoms with Gasteiger partial charge in [0.1, 0.15) is 12.0 Å². The van der Waals surface area contributed by atoms with Crippen LogP contribution in [0.15, 0.2) is 47.1 Å². The first kappa shape index (κ1) is 11.4. The molecule has 2 aromatic rings. The molecule has 2 heteroatoms. The molecule has 0 aliphatic heterocycles. The Labute approximate surface area is 101 Å². The van der Waals surface area contributed by atoms with E-state index in [0.29, 0.717) is 0 Å². The van der Waals surface area contributed by atoms with Crippen LogP contribution in [0.3, 0.4) is 0 Å². The molecule has 0 aliphatic rings. The molecule has 17 heavy (non-hydrogen) atoms. The Bertz CT molecular complexity index is 492. The van der Waals surface area contributed by atoms with Gasteiger partial charge in [-0.25, -0.2) is 0 Å². The normalized spacial score (nSPS) is 12.8. The van der Waals surface area contributed by atoms with Crippen LogP contribution >= 0.6 is 0 Å². The zero-order valence-corrected chi connectivity index (χ0v) is 9.67. The van der Waals surface area contributed by atoms with E-state index in [4.69, 9.17) is 4.42 Å². The summed E-state index contributed by atoms with van der Waals surface area (Å²) in [7, 11) is 0. The fraction of sp³-hybridized carbons (Fsp3) is 0.133. The van der Waals surface area contributed by atoms with Crippen molar-refractivity contribution < 1.29 is 9.21 Å². The Morgan fingerprint density at radius 1 is 1.12 bits per heavy atom. The highest BCUT2D eigenvalue weighted by molar-refractivity contribution is 5.68. The molecule has 1 atom stereocenters. The van der Waals surface area contributed by atoms with Gasteiger partial charge >= 0.3 is 0 Å². The fourth-order valence-corrected chi connectivity index (χ4v) is 1.55. The summed E-state index contributed by atoms with van der Waals surface area (Å²) in [4.78, 5) is 10.6. The van der Waals surface area contributed by atoms with Crippen molar-refractivity contribution in [2.45, 2.75) is 12.8 Å². The molecule has 0 radical (unpaired) electrons. The molecule has 2 rings (SSSR count). The molecule has 1 unspecified atom stereocenters. The van der Waals surface area contributed by atoms with Gasteiger partial charge in [0, 0.05) is 5.92 Å². The highest BCUT2D eigenvalue weighted by Gasteiger charge is 2.01. The van der Waals surface area contributed by atoms with Crippen LogP contribution in [0, 0.1) is 0 Å². The molecule has 0 spiro atoms. The van der Waals surface area contributed by atoms with Gasteiger partial charge in [-0.3, -0.25) is 0 Å². The molecule has 0 saturated heterocycles. The van der Waals surface area contributed by atoms with Crippen molar-refractivity contribution in [1.82, 2.24) is 0 Å². The Balaban J connectivity index is 2.11. The lowest BCUT2D eigenvalue weighted by Crippen LogP contribution is -1.93. The van der Waals surface area contributed by atoms with E-state index in [0.717, 1.165) is 23.2 Å². The van der Waals surface area contributed by atoms with Crippen molar-refractivity contribution in [2.24, 2.45) is 0 Å². The SMILES string of the molecule is CC(C=O)c1ccc(/C=C/c2ccco2)cc1. The van der Waals surface area contributed by atoms with Crippen molar-refractivity contribution in [2.75, 3.05) is 0 Å². The maximum Gasteiger partial charge on any atom is 0.127 e. The smallest absolute Gasteiger partial charge is 0.127 e. The van der Waals surface area contributed by atoms with E-state index in [9.17, 15) is 4.79 Å². The number of benzene rings is 1. The van der Waals surface area contributed by atoms with Crippen LogP contribution in [-0.2, 0) is 4.79 Å². The fourth-order valence-electron chi connectivity index (χ4n) is 1.55. The molecule has 1 aromatic heterocycles. The molecule has 0 amide bonds. The summed E-state index contributed by atoms with van der Waals surface area (Å²) >= 11 is 0. The van der Waals surface area contributed by atoms with Gasteiger partial charge in [-0.2, -0.15) is 0 Å². The number of furan rings is 1. The largest absolute Gasteiger partial charge is 0.465 e. The molecule has 86 valence electrons. The van der Waals surface area contributed by atoms with Crippen molar-refractivity contribution in [3.05, 3.63) is 59.5 Å². The van der Waals surface area contributed by atoms with Crippen LogP contribution < -0.4 is 0 Å². The third-order valence-electron chi connectivity index (χ3n) is 2.65. The van der Waals surface area contributed by atoms with E-state index in [1.165, 1.54) is 0 Å². The number of carbonyl (C=O) groups is 1. The van der Waals surface area contributed by atoms with Crippen LogP contribution in [-0.4, -0.2) is 6.29 Å². The Morgan fingerprint density at radius 3 is 2.47 bits per heavy atom. The molecule has 0 bridgehead atoms. The van der Waals surface area contributed by atoms with Gasteiger partial charge in [0.15, 0.2) is 0 Å². The van der Waals surface area contributed by atoms with Crippen LogP contribution in [0.4, 0.5) is 0 Å². The summed E-state index contributed by atoms with van der Waals surface area (Å²) in [6, 6.07) is 11.7. The van der Waals surface area contributed by atoms with Gasteiger partial charge in [0.05, 0.1) is 6.26 Å². The van der Waals surface area contributed by atoms with Gasteiger partial charge in [0.25, 0.3) is 0 Å². The second-order valence-electron chi connectivity index (χ2n) is 3.94. The first-order chi connectivity index (χ1) is 8.29. The van der Waals surface area contributed by atoms with Gasteiger partial charge < -0.3 is 9.21 Å². The zero-order valence-electron chi connectivity index (χ0n) is 9.67. The van der Waals surface area contributed by atoms with E-state index in [-0.39, 0.29) is 5.92 Å². The molecular weight excluding hydrogens is 212 g/mol. The van der Waals surface area contributed by atoms with Crippen LogP contribution in [0.5, 0.6) is 0 Å². The van der Waals surface area contributed by atoms with Crippen molar-refractivity contribution in [1.29, 1.82) is 0 Å². The average molecular weight is 226 g/mol. The van der Waals surface area contributed by atoms with Crippen molar-refractivity contribution in [3.8, 4) is 0 Å². The minimum absolute atomic E-state index is 0.0434. The van der Waals surface area contributed by atoms with Crippen LogP contribution in [0.25, 0.3) is 12.2 Å². The Kier molecular flexibility index (Phi) is 3.55. The second kappa shape index (κ2) is 5.30. The molecule has 2 nitrogen and oxygen atoms in total. The first-order valence-electron chi connectivity index (χ1n) is 5.56. The third kappa shape index (κ3) is 2.94. The van der Waals surface area contributed by atoms with E-state index >= 15 is 0 Å². The minimum Gasteiger partial charge on any atom is -0.465 e. The molecule has 0 aliphatic carbocycles. The highest BCUT2D eigenvalue weighted by Crippen LogP contribution is 2.15. The lowest BCUT2D eigenvalue weighted by atomic mass is 10.0. The molecule has 1 aromatic carbocycles. The summed E-state index contributed by atoms with van der Waals surface area (Å²) in [6.45, 7) is 1.89. The minimum atomic E-state index is -0.0434.